The minimum atomic E-state index is -1.82. The molecule has 10 N–H and O–H groups in total. The van der Waals surface area contributed by atoms with Crippen molar-refractivity contribution in [2.75, 3.05) is 13.2 Å². The first-order valence-corrected chi connectivity index (χ1v) is 23.9. The fourth-order valence-electron chi connectivity index (χ4n) is 15.0. The first-order valence-electron chi connectivity index (χ1n) is 23.9. The lowest BCUT2D eigenvalue weighted by Gasteiger charge is -2.71. The zero-order valence-electron chi connectivity index (χ0n) is 38.6. The third kappa shape index (κ3) is 7.41. The number of allylic oxidation sites excluding steroid dienone is 1. The summed E-state index contributed by atoms with van der Waals surface area (Å²) in [6.07, 6.45) is -14.6. The first-order chi connectivity index (χ1) is 30.4. The van der Waals surface area contributed by atoms with Crippen LogP contribution in [0.2, 0.25) is 0 Å². The van der Waals surface area contributed by atoms with Gasteiger partial charge in [0, 0.05) is 0 Å². The Labute approximate surface area is 380 Å². The van der Waals surface area contributed by atoms with E-state index in [9.17, 15) is 55.9 Å². The maximum absolute atomic E-state index is 15.6. The number of carbonyl (C=O) groups is 2. The molecule has 18 nitrogen and oxygen atoms in total. The molecule has 0 bridgehead atoms. The van der Waals surface area contributed by atoms with Crippen LogP contribution in [-0.2, 0) is 38.0 Å². The lowest BCUT2D eigenvalue weighted by molar-refractivity contribution is -0.367. The molecule has 370 valence electrons. The Bertz CT molecular complexity index is 1810. The molecule has 5 aliphatic carbocycles. The molecule has 65 heavy (non-hydrogen) atoms. The van der Waals surface area contributed by atoms with Crippen molar-refractivity contribution in [1.29, 1.82) is 0 Å². The smallest absolute Gasteiger partial charge is 0.319 e. The summed E-state index contributed by atoms with van der Waals surface area (Å²) in [6.45, 7) is 13.4. The van der Waals surface area contributed by atoms with Crippen LogP contribution in [0.15, 0.2) is 11.6 Å². The van der Waals surface area contributed by atoms with Crippen molar-refractivity contribution in [3.63, 3.8) is 0 Å². The third-order valence-corrected chi connectivity index (χ3v) is 19.0. The molecular formula is C47H74O18. The lowest BCUT2D eigenvalue weighted by atomic mass is 9.33. The maximum Gasteiger partial charge on any atom is 0.319 e. The Balaban J connectivity index is 1.13. The molecule has 3 aliphatic heterocycles. The molecule has 8 rings (SSSR count). The minimum Gasteiger partial charge on any atom is -0.481 e. The number of carbonyl (C=O) groups excluding carboxylic acids is 1. The molecule has 0 aromatic rings. The second-order valence-electron chi connectivity index (χ2n) is 22.3. The number of hydrogen-bond acceptors (Lipinski definition) is 17. The summed E-state index contributed by atoms with van der Waals surface area (Å²) >= 11 is 0. The monoisotopic (exact) mass is 926 g/mol. The van der Waals surface area contributed by atoms with E-state index in [1.54, 1.807) is 6.92 Å². The van der Waals surface area contributed by atoms with Gasteiger partial charge in [-0.15, -0.1) is 0 Å². The summed E-state index contributed by atoms with van der Waals surface area (Å²) in [4.78, 5) is 29.1. The van der Waals surface area contributed by atoms with Gasteiger partial charge in [-0.25, -0.2) is 0 Å². The number of carboxylic acids is 1. The molecule has 7 fully saturated rings. The van der Waals surface area contributed by atoms with Gasteiger partial charge in [-0.1, -0.05) is 53.2 Å². The van der Waals surface area contributed by atoms with Gasteiger partial charge in [0.05, 0.1) is 36.3 Å². The van der Waals surface area contributed by atoms with Crippen LogP contribution in [0.1, 0.15) is 106 Å². The highest BCUT2D eigenvalue weighted by Gasteiger charge is 2.74. The Kier molecular flexibility index (Phi) is 13.3. The third-order valence-electron chi connectivity index (χ3n) is 19.0. The van der Waals surface area contributed by atoms with E-state index in [2.05, 4.69) is 47.6 Å². The number of ether oxygens (including phenoxy) is 6. The number of rotatable bonds is 8. The standard InChI is InChI=1S/C47H74O18/c1-20-10-15-46(41(57)58)16-17-47(42(59)65-39-36(56)33(53)32(52)25(18-48)62-39)23(29(46)21(20)2)8-9-27-44(6)13-12-28(43(4,5)26(44)11-14-45(27,47)7)63-40-37(34(54)30(50)22(3)61-40)64-38-35(55)31(51)24(49)19-60-38/h8,20-22,24-40,48-56H,9-19H2,1-7H3,(H,57,58). The highest BCUT2D eigenvalue weighted by atomic mass is 16.8. The summed E-state index contributed by atoms with van der Waals surface area (Å²) in [5.74, 6) is -2.12. The Morgan fingerprint density at radius 1 is 0.723 bits per heavy atom. The molecule has 0 aromatic carbocycles. The van der Waals surface area contributed by atoms with Crippen LogP contribution >= 0.6 is 0 Å². The quantitative estimate of drug-likeness (QED) is 0.0912. The highest BCUT2D eigenvalue weighted by molar-refractivity contribution is 5.85. The van der Waals surface area contributed by atoms with Gasteiger partial charge in [0.1, 0.15) is 61.0 Å². The van der Waals surface area contributed by atoms with Gasteiger partial charge in [-0.3, -0.25) is 9.59 Å². The van der Waals surface area contributed by atoms with Crippen molar-refractivity contribution < 1.29 is 89.1 Å². The SMILES string of the molecule is CC1CCC2(C(=O)O)CCC3(C(=O)OC4OC(CO)C(O)C(O)C4O)C(=CCC4C5(C)CCC(OC6OC(C)C(O)C(O)C6OC6OCC(O)C(O)C6O)C(C)(C)C5CCC43C)C2C1C. The molecule has 0 radical (unpaired) electrons. The van der Waals surface area contributed by atoms with E-state index in [0.717, 1.165) is 12.0 Å². The van der Waals surface area contributed by atoms with Crippen LogP contribution in [0.4, 0.5) is 0 Å². The number of fused-ring (bicyclic) bond motifs is 7. The van der Waals surface area contributed by atoms with Crippen molar-refractivity contribution >= 4 is 11.9 Å². The summed E-state index contributed by atoms with van der Waals surface area (Å²) in [5, 5.41) is 107. The summed E-state index contributed by atoms with van der Waals surface area (Å²) in [7, 11) is 0. The van der Waals surface area contributed by atoms with E-state index >= 15 is 4.79 Å². The zero-order valence-corrected chi connectivity index (χ0v) is 38.6. The van der Waals surface area contributed by atoms with Gasteiger partial charge in [0.25, 0.3) is 0 Å². The maximum atomic E-state index is 15.6. The van der Waals surface area contributed by atoms with Gasteiger partial charge in [0.2, 0.25) is 6.29 Å². The molecular weight excluding hydrogens is 852 g/mol. The molecule has 3 saturated heterocycles. The molecule has 18 heteroatoms. The second-order valence-corrected chi connectivity index (χ2v) is 22.3. The predicted octanol–water partition coefficient (Wildman–Crippen LogP) is 0.728. The van der Waals surface area contributed by atoms with Crippen molar-refractivity contribution in [1.82, 2.24) is 0 Å². The average Bonchev–Trinajstić information content (AvgIpc) is 3.25. The van der Waals surface area contributed by atoms with Crippen LogP contribution in [0.25, 0.3) is 0 Å². The first kappa shape index (κ1) is 49.5. The van der Waals surface area contributed by atoms with E-state index in [0.29, 0.717) is 38.5 Å². The van der Waals surface area contributed by atoms with Gasteiger partial charge in [0.15, 0.2) is 12.6 Å². The van der Waals surface area contributed by atoms with Crippen LogP contribution in [0.3, 0.4) is 0 Å². The Morgan fingerprint density at radius 3 is 2.09 bits per heavy atom. The summed E-state index contributed by atoms with van der Waals surface area (Å²) in [5.41, 5.74) is -3.51. The minimum absolute atomic E-state index is 0.00773. The molecule has 0 amide bonds. The number of aliphatic hydroxyl groups excluding tert-OH is 9. The van der Waals surface area contributed by atoms with Crippen LogP contribution < -0.4 is 0 Å². The van der Waals surface area contributed by atoms with Crippen molar-refractivity contribution in [2.24, 2.45) is 56.7 Å². The highest BCUT2D eigenvalue weighted by Crippen LogP contribution is 2.76. The number of hydrogen-bond donors (Lipinski definition) is 10. The van der Waals surface area contributed by atoms with Crippen LogP contribution in [0, 0.1) is 56.7 Å². The molecule has 24 unspecified atom stereocenters. The molecule has 8 aliphatic rings. The van der Waals surface area contributed by atoms with E-state index in [1.165, 1.54) is 0 Å². The Hall–Kier alpha value is -1.88. The normalized spacial score (nSPS) is 54.2. The van der Waals surface area contributed by atoms with Crippen LogP contribution in [-0.4, -0.2) is 168 Å². The summed E-state index contributed by atoms with van der Waals surface area (Å²) in [6, 6.07) is 0. The second kappa shape index (κ2) is 17.5. The fraction of sp³-hybridized carbons (Fsp3) is 0.915. The van der Waals surface area contributed by atoms with Crippen molar-refractivity contribution in [3.05, 3.63) is 11.6 Å². The predicted molar refractivity (Wildman–Crippen MR) is 225 cm³/mol. The number of aliphatic carboxylic acids is 1. The number of carboxylic acid groups (broad SMARTS) is 1. The van der Waals surface area contributed by atoms with E-state index in [4.69, 9.17) is 28.4 Å². The van der Waals surface area contributed by atoms with Crippen LogP contribution in [0.5, 0.6) is 0 Å². The van der Waals surface area contributed by atoms with Crippen molar-refractivity contribution in [3.8, 4) is 0 Å². The number of esters is 1. The largest absolute Gasteiger partial charge is 0.481 e. The van der Waals surface area contributed by atoms with E-state index in [-0.39, 0.29) is 43.1 Å². The van der Waals surface area contributed by atoms with Gasteiger partial charge in [-0.2, -0.15) is 0 Å². The Morgan fingerprint density at radius 2 is 1.42 bits per heavy atom. The van der Waals surface area contributed by atoms with Crippen molar-refractivity contribution in [2.45, 2.75) is 198 Å². The molecule has 0 aromatic heterocycles. The van der Waals surface area contributed by atoms with E-state index in [1.807, 2.05) is 0 Å². The molecule has 3 heterocycles. The molecule has 4 saturated carbocycles. The van der Waals surface area contributed by atoms with E-state index < -0.39 is 144 Å². The lowest BCUT2D eigenvalue weighted by Crippen LogP contribution is -2.69. The van der Waals surface area contributed by atoms with Gasteiger partial charge < -0.3 is 79.5 Å². The molecule has 24 atom stereocenters. The fourth-order valence-corrected chi connectivity index (χ4v) is 15.0. The average molecular weight is 927 g/mol. The topological polar surface area (TPSA) is 292 Å². The zero-order chi connectivity index (χ0) is 47.5. The number of aliphatic hydroxyl groups is 9. The van der Waals surface area contributed by atoms with Gasteiger partial charge >= 0.3 is 11.9 Å². The van der Waals surface area contributed by atoms with Gasteiger partial charge in [-0.05, 0) is 111 Å². The summed E-state index contributed by atoms with van der Waals surface area (Å²) < 4.78 is 36.5. The molecule has 0 spiro atoms.